The Morgan fingerprint density at radius 2 is 1.93 bits per heavy atom. The number of nitrogens with one attached hydrogen (secondary N) is 1. The highest BCUT2D eigenvalue weighted by Crippen LogP contribution is 2.32. The maximum atomic E-state index is 12.6. The zero-order valence-electron chi connectivity index (χ0n) is 16.5. The number of nitrogens with zero attached hydrogens (tertiary/aromatic N) is 2. The molecule has 3 aromatic rings. The molecule has 1 atom stereocenters. The van der Waals surface area contributed by atoms with E-state index in [4.69, 9.17) is 9.47 Å². The van der Waals surface area contributed by atoms with Crippen LogP contribution in [0.3, 0.4) is 0 Å². The number of benzene rings is 1. The van der Waals surface area contributed by atoms with Crippen LogP contribution in [0.15, 0.2) is 24.4 Å². The van der Waals surface area contributed by atoms with Gasteiger partial charge in [-0.1, -0.05) is 0 Å². The summed E-state index contributed by atoms with van der Waals surface area (Å²) in [7, 11) is 1.55. The van der Waals surface area contributed by atoms with Crippen molar-refractivity contribution in [1.29, 1.82) is 0 Å². The molecular formula is C20H22F3N3O3. The van der Waals surface area contributed by atoms with Gasteiger partial charge in [0.25, 0.3) is 0 Å². The van der Waals surface area contributed by atoms with Crippen molar-refractivity contribution in [2.24, 2.45) is 0 Å². The van der Waals surface area contributed by atoms with Gasteiger partial charge in [-0.05, 0) is 32.9 Å². The SMILES string of the molecule is COc1ccc2[nH]c(C(C)(O)Cc3ncc(C)c(OCC(F)(F)F)c3C)nc2c1. The topological polar surface area (TPSA) is 80.3 Å². The van der Waals surface area contributed by atoms with Crippen molar-refractivity contribution >= 4 is 11.0 Å². The molecule has 0 bridgehead atoms. The molecule has 1 unspecified atom stereocenters. The van der Waals surface area contributed by atoms with E-state index in [2.05, 4.69) is 15.0 Å². The van der Waals surface area contributed by atoms with E-state index in [9.17, 15) is 18.3 Å². The number of aromatic nitrogens is 3. The first-order valence-electron chi connectivity index (χ1n) is 8.91. The number of halogens is 3. The monoisotopic (exact) mass is 409 g/mol. The first kappa shape index (κ1) is 20.9. The number of hydrogen-bond acceptors (Lipinski definition) is 5. The summed E-state index contributed by atoms with van der Waals surface area (Å²) in [6.45, 7) is 3.43. The predicted molar refractivity (Wildman–Crippen MR) is 101 cm³/mol. The molecule has 0 aliphatic rings. The highest BCUT2D eigenvalue weighted by molar-refractivity contribution is 5.77. The fraction of sp³-hybridized carbons (Fsp3) is 0.400. The van der Waals surface area contributed by atoms with Gasteiger partial charge < -0.3 is 19.6 Å². The van der Waals surface area contributed by atoms with E-state index in [1.807, 2.05) is 0 Å². The normalized spacial score (nSPS) is 14.1. The molecule has 29 heavy (non-hydrogen) atoms. The molecule has 156 valence electrons. The van der Waals surface area contributed by atoms with Crippen molar-refractivity contribution in [3.05, 3.63) is 47.0 Å². The summed E-state index contributed by atoms with van der Waals surface area (Å²) in [5, 5.41) is 11.0. The highest BCUT2D eigenvalue weighted by atomic mass is 19.4. The lowest BCUT2D eigenvalue weighted by Crippen LogP contribution is -2.27. The van der Waals surface area contributed by atoms with Crippen molar-refractivity contribution in [2.75, 3.05) is 13.7 Å². The third kappa shape index (κ3) is 4.61. The minimum Gasteiger partial charge on any atom is -0.497 e. The van der Waals surface area contributed by atoms with Crippen LogP contribution in [0.2, 0.25) is 0 Å². The van der Waals surface area contributed by atoms with Gasteiger partial charge >= 0.3 is 6.18 Å². The average molecular weight is 409 g/mol. The number of methoxy groups -OCH3 is 1. The number of aryl methyl sites for hydroxylation is 1. The van der Waals surface area contributed by atoms with Crippen molar-refractivity contribution in [2.45, 2.75) is 39.0 Å². The van der Waals surface area contributed by atoms with E-state index < -0.39 is 18.4 Å². The molecular weight excluding hydrogens is 387 g/mol. The predicted octanol–water partition coefficient (Wildman–Crippen LogP) is 3.97. The number of pyridine rings is 1. The van der Waals surface area contributed by atoms with Crippen molar-refractivity contribution < 1.29 is 27.8 Å². The molecule has 0 radical (unpaired) electrons. The average Bonchev–Trinajstić information content (AvgIpc) is 3.07. The van der Waals surface area contributed by atoms with Crippen LogP contribution >= 0.6 is 0 Å². The second kappa shape index (κ2) is 7.55. The summed E-state index contributed by atoms with van der Waals surface area (Å²) in [5.41, 5.74) is 1.29. The molecule has 2 heterocycles. The lowest BCUT2D eigenvalue weighted by Gasteiger charge is -2.23. The van der Waals surface area contributed by atoms with E-state index >= 15 is 0 Å². The van der Waals surface area contributed by atoms with E-state index in [0.717, 1.165) is 5.52 Å². The van der Waals surface area contributed by atoms with E-state index in [0.29, 0.717) is 33.9 Å². The number of aromatic amines is 1. The first-order chi connectivity index (χ1) is 13.5. The van der Waals surface area contributed by atoms with Gasteiger partial charge in [0.15, 0.2) is 6.61 Å². The Hall–Kier alpha value is -2.81. The van der Waals surface area contributed by atoms with E-state index in [1.54, 1.807) is 46.1 Å². The third-order valence-corrected chi connectivity index (χ3v) is 4.64. The summed E-state index contributed by atoms with van der Waals surface area (Å²) >= 11 is 0. The van der Waals surface area contributed by atoms with Crippen LogP contribution < -0.4 is 9.47 Å². The van der Waals surface area contributed by atoms with Crippen molar-refractivity contribution in [3.63, 3.8) is 0 Å². The van der Waals surface area contributed by atoms with Gasteiger partial charge in [-0.25, -0.2) is 4.98 Å². The third-order valence-electron chi connectivity index (χ3n) is 4.64. The Bertz CT molecular complexity index is 1030. The van der Waals surface area contributed by atoms with E-state index in [-0.39, 0.29) is 12.2 Å². The molecule has 3 rings (SSSR count). The van der Waals surface area contributed by atoms with Gasteiger partial charge in [0.05, 0.1) is 23.8 Å². The van der Waals surface area contributed by atoms with Crippen molar-refractivity contribution in [3.8, 4) is 11.5 Å². The van der Waals surface area contributed by atoms with Crippen LogP contribution in [0, 0.1) is 13.8 Å². The van der Waals surface area contributed by atoms with Crippen LogP contribution in [-0.4, -0.2) is 40.0 Å². The van der Waals surface area contributed by atoms with Crippen molar-refractivity contribution in [1.82, 2.24) is 15.0 Å². The van der Waals surface area contributed by atoms with E-state index in [1.165, 1.54) is 6.20 Å². The molecule has 2 aromatic heterocycles. The number of ether oxygens (including phenoxy) is 2. The second-order valence-corrected chi connectivity index (χ2v) is 7.17. The summed E-state index contributed by atoms with van der Waals surface area (Å²) < 4.78 is 47.8. The lowest BCUT2D eigenvalue weighted by molar-refractivity contribution is -0.153. The van der Waals surface area contributed by atoms with Gasteiger partial charge in [0.2, 0.25) is 0 Å². The molecule has 6 nitrogen and oxygen atoms in total. The molecule has 1 aromatic carbocycles. The molecule has 0 saturated heterocycles. The summed E-state index contributed by atoms with van der Waals surface area (Å²) in [6, 6.07) is 5.30. The molecule has 0 saturated carbocycles. The maximum absolute atomic E-state index is 12.6. The molecule has 0 amide bonds. The zero-order chi connectivity index (χ0) is 21.4. The Kier molecular flexibility index (Phi) is 5.44. The Labute approximate surface area is 165 Å². The molecule has 2 N–H and O–H groups in total. The fourth-order valence-corrected chi connectivity index (χ4v) is 3.09. The van der Waals surface area contributed by atoms with Gasteiger partial charge in [0.1, 0.15) is 22.9 Å². The van der Waals surface area contributed by atoms with Crippen LogP contribution in [0.4, 0.5) is 13.2 Å². The number of H-pyrrole nitrogens is 1. The van der Waals surface area contributed by atoms with Crippen LogP contribution in [0.5, 0.6) is 11.5 Å². The lowest BCUT2D eigenvalue weighted by atomic mass is 9.96. The largest absolute Gasteiger partial charge is 0.497 e. The molecule has 0 fully saturated rings. The van der Waals surface area contributed by atoms with Crippen LogP contribution in [0.1, 0.15) is 29.6 Å². The number of imidazole rings is 1. The minimum absolute atomic E-state index is 0.0401. The molecule has 0 aliphatic heterocycles. The number of aliphatic hydroxyl groups is 1. The summed E-state index contributed by atoms with van der Waals surface area (Å²) in [5.74, 6) is 1.08. The standard InChI is InChI=1S/C20H22F3N3O3/c1-11-9-24-16(12(2)17(11)29-10-20(21,22)23)8-19(3,27)18-25-14-6-5-13(28-4)7-15(14)26-18/h5-7,9,27H,8,10H2,1-4H3,(H,25,26). The first-order valence-corrected chi connectivity index (χ1v) is 8.91. The summed E-state index contributed by atoms with van der Waals surface area (Å²) in [4.78, 5) is 11.8. The quantitative estimate of drug-likeness (QED) is 0.644. The fourth-order valence-electron chi connectivity index (χ4n) is 3.09. The molecule has 9 heteroatoms. The van der Waals surface area contributed by atoms with Gasteiger partial charge in [-0.15, -0.1) is 0 Å². The number of rotatable bonds is 6. The smallest absolute Gasteiger partial charge is 0.422 e. The second-order valence-electron chi connectivity index (χ2n) is 7.17. The Balaban J connectivity index is 1.90. The highest BCUT2D eigenvalue weighted by Gasteiger charge is 2.31. The Morgan fingerprint density at radius 3 is 2.59 bits per heavy atom. The van der Waals surface area contributed by atoms with Gasteiger partial charge in [-0.2, -0.15) is 13.2 Å². The number of fused-ring (bicyclic) bond motifs is 1. The molecule has 0 spiro atoms. The Morgan fingerprint density at radius 1 is 1.21 bits per heavy atom. The molecule has 0 aliphatic carbocycles. The van der Waals surface area contributed by atoms with Gasteiger partial charge in [0, 0.05) is 29.8 Å². The minimum atomic E-state index is -4.44. The number of alkyl halides is 3. The number of hydrogen-bond donors (Lipinski definition) is 2. The summed E-state index contributed by atoms with van der Waals surface area (Å²) in [6.07, 6.45) is -2.96. The van der Waals surface area contributed by atoms with Crippen LogP contribution in [-0.2, 0) is 12.0 Å². The van der Waals surface area contributed by atoms with Crippen LogP contribution in [0.25, 0.3) is 11.0 Å². The van der Waals surface area contributed by atoms with Gasteiger partial charge in [-0.3, -0.25) is 4.98 Å². The maximum Gasteiger partial charge on any atom is 0.422 e. The zero-order valence-corrected chi connectivity index (χ0v) is 16.5.